The lowest BCUT2D eigenvalue weighted by Gasteiger charge is -2.14. The van der Waals surface area contributed by atoms with Gasteiger partial charge >= 0.3 is 5.97 Å². The van der Waals surface area contributed by atoms with Crippen LogP contribution >= 0.6 is 0 Å². The first-order valence-corrected chi connectivity index (χ1v) is 8.39. The van der Waals surface area contributed by atoms with Crippen molar-refractivity contribution in [2.45, 2.75) is 45.1 Å². The average Bonchev–Trinajstić information content (AvgIpc) is 2.62. The molecule has 0 aromatic heterocycles. The van der Waals surface area contributed by atoms with E-state index >= 15 is 0 Å². The second-order valence-electron chi connectivity index (χ2n) is 5.96. The summed E-state index contributed by atoms with van der Waals surface area (Å²) < 4.78 is 30.6. The lowest BCUT2D eigenvalue weighted by Crippen LogP contribution is -2.30. The van der Waals surface area contributed by atoms with Gasteiger partial charge in [-0.1, -0.05) is 49.4 Å². The molecule has 0 saturated heterocycles. The maximum Gasteiger partial charge on any atom is 0.311 e. The predicted octanol–water partition coefficient (Wildman–Crippen LogP) is 3.92. The van der Waals surface area contributed by atoms with E-state index in [4.69, 9.17) is 10.5 Å². The lowest BCUT2D eigenvalue weighted by atomic mass is 10.0. The Hall–Kier alpha value is -2.27. The van der Waals surface area contributed by atoms with Crippen LogP contribution in [0.3, 0.4) is 0 Å². The van der Waals surface area contributed by atoms with Crippen molar-refractivity contribution >= 4 is 5.97 Å². The van der Waals surface area contributed by atoms with Crippen LogP contribution in [-0.2, 0) is 24.1 Å². The standard InChI is InChI=1S/C20H23F2NO2/c1-2-16-12-15(13-17(23)20(21)22)8-10-18(16)25-19(24)11-9-14-6-4-3-5-7-14/h3-8,10,12,17,20H,2,9,11,13,23H2,1H3. The number of benzene rings is 2. The van der Waals surface area contributed by atoms with Crippen molar-refractivity contribution in [2.24, 2.45) is 5.73 Å². The summed E-state index contributed by atoms with van der Waals surface area (Å²) in [7, 11) is 0. The Bertz CT molecular complexity index is 689. The summed E-state index contributed by atoms with van der Waals surface area (Å²) in [5, 5.41) is 0. The maximum absolute atomic E-state index is 12.6. The van der Waals surface area contributed by atoms with Crippen molar-refractivity contribution < 1.29 is 18.3 Å². The minimum atomic E-state index is -2.56. The van der Waals surface area contributed by atoms with Gasteiger partial charge in [0.2, 0.25) is 0 Å². The van der Waals surface area contributed by atoms with E-state index in [1.807, 2.05) is 37.3 Å². The third-order valence-corrected chi connectivity index (χ3v) is 3.99. The van der Waals surface area contributed by atoms with Crippen LogP contribution in [0.4, 0.5) is 8.78 Å². The first-order valence-electron chi connectivity index (χ1n) is 8.39. The molecule has 25 heavy (non-hydrogen) atoms. The number of nitrogens with two attached hydrogens (primary N) is 1. The summed E-state index contributed by atoms with van der Waals surface area (Å²) in [6.45, 7) is 1.92. The molecule has 2 N–H and O–H groups in total. The Labute approximate surface area is 146 Å². The van der Waals surface area contributed by atoms with E-state index in [0.717, 1.165) is 11.1 Å². The molecule has 0 amide bonds. The molecule has 0 radical (unpaired) electrons. The molecule has 5 heteroatoms. The molecule has 3 nitrogen and oxygen atoms in total. The zero-order valence-corrected chi connectivity index (χ0v) is 14.3. The minimum absolute atomic E-state index is 0.0902. The number of ether oxygens (including phenoxy) is 1. The van der Waals surface area contributed by atoms with Gasteiger partial charge in [-0.2, -0.15) is 0 Å². The smallest absolute Gasteiger partial charge is 0.311 e. The van der Waals surface area contributed by atoms with E-state index in [1.165, 1.54) is 0 Å². The Morgan fingerprint density at radius 2 is 1.84 bits per heavy atom. The Morgan fingerprint density at radius 1 is 1.12 bits per heavy atom. The topological polar surface area (TPSA) is 52.3 Å². The van der Waals surface area contributed by atoms with Crippen LogP contribution in [-0.4, -0.2) is 18.4 Å². The van der Waals surface area contributed by atoms with E-state index in [-0.39, 0.29) is 18.8 Å². The Balaban J connectivity index is 1.97. The second-order valence-corrected chi connectivity index (χ2v) is 5.96. The second kappa shape index (κ2) is 9.28. The van der Waals surface area contributed by atoms with E-state index in [1.54, 1.807) is 18.2 Å². The highest BCUT2D eigenvalue weighted by molar-refractivity contribution is 5.73. The summed E-state index contributed by atoms with van der Waals surface area (Å²) in [5.74, 6) is 0.172. The van der Waals surface area contributed by atoms with Crippen molar-refractivity contribution in [3.63, 3.8) is 0 Å². The maximum atomic E-state index is 12.6. The zero-order chi connectivity index (χ0) is 18.2. The van der Waals surface area contributed by atoms with E-state index in [9.17, 15) is 13.6 Å². The molecule has 0 fully saturated rings. The van der Waals surface area contributed by atoms with Crippen LogP contribution in [0.25, 0.3) is 0 Å². The van der Waals surface area contributed by atoms with Gasteiger partial charge in [0.15, 0.2) is 0 Å². The fraction of sp³-hybridized carbons (Fsp3) is 0.350. The number of esters is 1. The van der Waals surface area contributed by atoms with Crippen molar-refractivity contribution in [3.05, 3.63) is 65.2 Å². The van der Waals surface area contributed by atoms with Gasteiger partial charge in [0.25, 0.3) is 6.43 Å². The molecule has 2 aromatic carbocycles. The highest BCUT2D eigenvalue weighted by atomic mass is 19.3. The van der Waals surface area contributed by atoms with Gasteiger partial charge in [0, 0.05) is 6.42 Å². The van der Waals surface area contributed by atoms with Crippen molar-refractivity contribution in [1.82, 2.24) is 0 Å². The average molecular weight is 347 g/mol. The minimum Gasteiger partial charge on any atom is -0.426 e. The molecule has 1 atom stereocenters. The van der Waals surface area contributed by atoms with Crippen LogP contribution < -0.4 is 10.5 Å². The first kappa shape index (κ1) is 19.1. The predicted molar refractivity (Wildman–Crippen MR) is 93.9 cm³/mol. The molecule has 0 bridgehead atoms. The normalized spacial score (nSPS) is 12.2. The highest BCUT2D eigenvalue weighted by Gasteiger charge is 2.17. The van der Waals surface area contributed by atoms with Crippen LogP contribution in [0.2, 0.25) is 0 Å². The Morgan fingerprint density at radius 3 is 2.48 bits per heavy atom. The lowest BCUT2D eigenvalue weighted by molar-refractivity contribution is -0.134. The summed E-state index contributed by atoms with van der Waals surface area (Å²) in [6.07, 6.45) is -0.930. The third-order valence-electron chi connectivity index (χ3n) is 3.99. The number of hydrogen-bond acceptors (Lipinski definition) is 3. The molecular formula is C20H23F2NO2. The summed E-state index contributed by atoms with van der Waals surface area (Å²) in [4.78, 5) is 12.1. The van der Waals surface area contributed by atoms with Gasteiger partial charge in [-0.15, -0.1) is 0 Å². The molecular weight excluding hydrogens is 324 g/mol. The van der Waals surface area contributed by atoms with Crippen molar-refractivity contribution in [1.29, 1.82) is 0 Å². The van der Waals surface area contributed by atoms with Gasteiger partial charge in [-0.05, 0) is 42.0 Å². The number of carbonyl (C=O) groups is 1. The fourth-order valence-electron chi connectivity index (χ4n) is 2.56. The summed E-state index contributed by atoms with van der Waals surface area (Å²) in [6, 6.07) is 13.6. The van der Waals surface area contributed by atoms with Crippen LogP contribution in [0.1, 0.15) is 30.0 Å². The molecule has 0 aliphatic rings. The van der Waals surface area contributed by atoms with Crippen molar-refractivity contribution in [3.8, 4) is 5.75 Å². The van der Waals surface area contributed by atoms with Gasteiger partial charge in [-0.3, -0.25) is 4.79 Å². The molecule has 0 spiro atoms. The molecule has 134 valence electrons. The zero-order valence-electron chi connectivity index (χ0n) is 14.3. The molecule has 1 unspecified atom stereocenters. The fourth-order valence-corrected chi connectivity index (χ4v) is 2.56. The molecule has 0 aliphatic carbocycles. The molecule has 0 aliphatic heterocycles. The number of hydrogen-bond donors (Lipinski definition) is 1. The van der Waals surface area contributed by atoms with E-state index in [2.05, 4.69) is 0 Å². The first-order chi connectivity index (χ1) is 12.0. The van der Waals surface area contributed by atoms with Gasteiger partial charge < -0.3 is 10.5 Å². The number of halogens is 2. The largest absolute Gasteiger partial charge is 0.426 e. The molecule has 0 saturated carbocycles. The summed E-state index contributed by atoms with van der Waals surface area (Å²) in [5.41, 5.74) is 8.02. The van der Waals surface area contributed by atoms with Gasteiger partial charge in [-0.25, -0.2) is 8.78 Å². The van der Waals surface area contributed by atoms with E-state index < -0.39 is 12.5 Å². The summed E-state index contributed by atoms with van der Waals surface area (Å²) >= 11 is 0. The number of rotatable bonds is 8. The molecule has 0 heterocycles. The highest BCUT2D eigenvalue weighted by Crippen LogP contribution is 2.23. The van der Waals surface area contributed by atoms with Gasteiger partial charge in [0.05, 0.1) is 6.04 Å². The van der Waals surface area contributed by atoms with Crippen molar-refractivity contribution in [2.75, 3.05) is 0 Å². The number of alkyl halides is 2. The monoisotopic (exact) mass is 347 g/mol. The third kappa shape index (κ3) is 5.94. The number of aryl methyl sites for hydroxylation is 2. The van der Waals surface area contributed by atoms with Crippen LogP contribution in [0.5, 0.6) is 5.75 Å². The number of carbonyl (C=O) groups excluding carboxylic acids is 1. The molecule has 2 rings (SSSR count). The van der Waals surface area contributed by atoms with Crippen LogP contribution in [0.15, 0.2) is 48.5 Å². The quantitative estimate of drug-likeness (QED) is 0.582. The molecule has 2 aromatic rings. The van der Waals surface area contributed by atoms with Gasteiger partial charge in [0.1, 0.15) is 5.75 Å². The Kier molecular flexibility index (Phi) is 7.07. The SMILES string of the molecule is CCc1cc(CC(N)C(F)F)ccc1OC(=O)CCc1ccccc1. The van der Waals surface area contributed by atoms with Crippen LogP contribution in [0, 0.1) is 0 Å². The van der Waals surface area contributed by atoms with E-state index in [0.29, 0.717) is 24.2 Å².